The summed E-state index contributed by atoms with van der Waals surface area (Å²) < 4.78 is 0. The summed E-state index contributed by atoms with van der Waals surface area (Å²) in [6, 6.07) is 10.4. The molecule has 0 aliphatic carbocycles. The second kappa shape index (κ2) is 5.05. The molecule has 0 unspecified atom stereocenters. The van der Waals surface area contributed by atoms with Crippen molar-refractivity contribution in [3.05, 3.63) is 52.1 Å². The molecule has 0 amide bonds. The summed E-state index contributed by atoms with van der Waals surface area (Å²) in [6.07, 6.45) is 1.55. The quantitative estimate of drug-likeness (QED) is 0.891. The van der Waals surface area contributed by atoms with Crippen molar-refractivity contribution in [2.24, 2.45) is 0 Å². The molecule has 0 radical (unpaired) electrons. The maximum absolute atomic E-state index is 8.77. The van der Waals surface area contributed by atoms with E-state index in [4.69, 9.17) is 28.5 Å². The second-order valence-electron chi connectivity index (χ2n) is 3.29. The van der Waals surface area contributed by atoms with Gasteiger partial charge in [-0.15, -0.1) is 0 Å². The molecule has 0 saturated carbocycles. The number of rotatable bonds is 2. The van der Waals surface area contributed by atoms with Crippen LogP contribution in [0.5, 0.6) is 0 Å². The first kappa shape index (κ1) is 11.7. The third-order valence-corrected chi connectivity index (χ3v) is 2.64. The van der Waals surface area contributed by atoms with Crippen LogP contribution < -0.4 is 5.32 Å². The van der Waals surface area contributed by atoms with E-state index in [9.17, 15) is 0 Å². The smallest absolute Gasteiger partial charge is 0.131 e. The molecule has 3 nitrogen and oxygen atoms in total. The highest BCUT2D eigenvalue weighted by Gasteiger charge is 2.03. The van der Waals surface area contributed by atoms with E-state index < -0.39 is 0 Å². The van der Waals surface area contributed by atoms with Crippen LogP contribution in [0.3, 0.4) is 0 Å². The minimum absolute atomic E-state index is 0.528. The molecule has 0 atom stereocenters. The summed E-state index contributed by atoms with van der Waals surface area (Å²) >= 11 is 11.9. The largest absolute Gasteiger partial charge is 0.339 e. The molecular weight excluding hydrogens is 257 g/mol. The van der Waals surface area contributed by atoms with Crippen molar-refractivity contribution < 1.29 is 0 Å². The lowest BCUT2D eigenvalue weighted by Crippen LogP contribution is -1.94. The highest BCUT2D eigenvalue weighted by atomic mass is 35.5. The summed E-state index contributed by atoms with van der Waals surface area (Å²) in [6.45, 7) is 0. The topological polar surface area (TPSA) is 48.7 Å². The van der Waals surface area contributed by atoms with Gasteiger partial charge in [0.25, 0.3) is 0 Å². The van der Waals surface area contributed by atoms with Crippen LogP contribution in [0, 0.1) is 11.3 Å². The second-order valence-corrected chi connectivity index (χ2v) is 4.13. The average Bonchev–Trinajstić information content (AvgIpc) is 2.34. The van der Waals surface area contributed by atoms with Crippen molar-refractivity contribution in [1.82, 2.24) is 4.98 Å². The van der Waals surface area contributed by atoms with Crippen LogP contribution in [-0.2, 0) is 0 Å². The monoisotopic (exact) mass is 263 g/mol. The number of pyridine rings is 1. The van der Waals surface area contributed by atoms with Crippen molar-refractivity contribution in [3.63, 3.8) is 0 Å². The fraction of sp³-hybridized carbons (Fsp3) is 0. The van der Waals surface area contributed by atoms with Crippen LogP contribution in [0.25, 0.3) is 0 Å². The van der Waals surface area contributed by atoms with Gasteiger partial charge in [-0.1, -0.05) is 23.2 Å². The van der Waals surface area contributed by atoms with Gasteiger partial charge in [-0.3, -0.25) is 0 Å². The van der Waals surface area contributed by atoms with Crippen molar-refractivity contribution in [2.45, 2.75) is 0 Å². The highest BCUT2D eigenvalue weighted by molar-refractivity contribution is 6.35. The zero-order valence-corrected chi connectivity index (χ0v) is 10.1. The summed E-state index contributed by atoms with van der Waals surface area (Å²) in [4.78, 5) is 4.09. The maximum Gasteiger partial charge on any atom is 0.131 e. The van der Waals surface area contributed by atoms with E-state index >= 15 is 0 Å². The van der Waals surface area contributed by atoms with Crippen molar-refractivity contribution in [1.29, 1.82) is 5.26 Å². The molecule has 2 rings (SSSR count). The van der Waals surface area contributed by atoms with Crippen LogP contribution in [-0.4, -0.2) is 4.98 Å². The Balaban J connectivity index is 2.31. The molecule has 0 saturated heterocycles. The van der Waals surface area contributed by atoms with Gasteiger partial charge >= 0.3 is 0 Å². The maximum atomic E-state index is 8.77. The third-order valence-electron chi connectivity index (χ3n) is 2.08. The lowest BCUT2D eigenvalue weighted by molar-refractivity contribution is 1.29. The van der Waals surface area contributed by atoms with E-state index in [1.54, 1.807) is 36.5 Å². The lowest BCUT2D eigenvalue weighted by atomic mass is 10.2. The molecule has 2 aromatic rings. The van der Waals surface area contributed by atoms with Gasteiger partial charge in [0.1, 0.15) is 5.82 Å². The van der Waals surface area contributed by atoms with Crippen LogP contribution >= 0.6 is 23.2 Å². The van der Waals surface area contributed by atoms with Gasteiger partial charge in [-0.05, 0) is 30.3 Å². The summed E-state index contributed by atoms with van der Waals surface area (Å²) in [5.41, 5.74) is 1.18. The number of nitrogens with zero attached hydrogens (tertiary/aromatic N) is 2. The normalized spacial score (nSPS) is 9.71. The SMILES string of the molecule is N#Cc1ccnc(Nc2cc(Cl)ccc2Cl)c1. The molecule has 84 valence electrons. The first-order chi connectivity index (χ1) is 8.19. The zero-order chi connectivity index (χ0) is 12.3. The molecule has 1 aromatic carbocycles. The highest BCUT2D eigenvalue weighted by Crippen LogP contribution is 2.27. The van der Waals surface area contributed by atoms with E-state index in [-0.39, 0.29) is 0 Å². The van der Waals surface area contributed by atoms with Crippen molar-refractivity contribution >= 4 is 34.7 Å². The van der Waals surface area contributed by atoms with Gasteiger partial charge < -0.3 is 5.32 Å². The number of benzene rings is 1. The Hall–Kier alpha value is -1.76. The first-order valence-corrected chi connectivity index (χ1v) is 5.53. The number of aromatic nitrogens is 1. The average molecular weight is 264 g/mol. The fourth-order valence-electron chi connectivity index (χ4n) is 1.30. The van der Waals surface area contributed by atoms with Gasteiger partial charge in [0.05, 0.1) is 22.3 Å². The van der Waals surface area contributed by atoms with Crippen molar-refractivity contribution in [3.8, 4) is 6.07 Å². The summed E-state index contributed by atoms with van der Waals surface area (Å²) in [5.74, 6) is 0.549. The van der Waals surface area contributed by atoms with Gasteiger partial charge in [0.2, 0.25) is 0 Å². The standard InChI is InChI=1S/C12H7Cl2N3/c13-9-1-2-10(14)11(6-9)17-12-5-8(7-15)3-4-16-12/h1-6H,(H,16,17). The minimum Gasteiger partial charge on any atom is -0.339 e. The number of nitrogens with one attached hydrogen (secondary N) is 1. The van der Waals surface area contributed by atoms with Crippen molar-refractivity contribution in [2.75, 3.05) is 5.32 Å². The summed E-state index contributed by atoms with van der Waals surface area (Å²) in [7, 11) is 0. The number of nitriles is 1. The Morgan fingerprint density at radius 2 is 2.00 bits per heavy atom. The molecule has 0 bridgehead atoms. The Bertz CT molecular complexity index is 591. The molecule has 0 spiro atoms. The molecule has 0 aliphatic heterocycles. The minimum atomic E-state index is 0.528. The van der Waals surface area contributed by atoms with Crippen LogP contribution in [0.4, 0.5) is 11.5 Å². The first-order valence-electron chi connectivity index (χ1n) is 4.77. The van der Waals surface area contributed by atoms with Gasteiger partial charge in [0.15, 0.2) is 0 Å². The van der Waals surface area contributed by atoms with E-state index in [0.29, 0.717) is 27.1 Å². The Morgan fingerprint density at radius 3 is 2.76 bits per heavy atom. The molecule has 0 aliphatic rings. The predicted octanol–water partition coefficient (Wildman–Crippen LogP) is 4.00. The molecule has 1 N–H and O–H groups in total. The van der Waals surface area contributed by atoms with E-state index in [1.165, 1.54) is 0 Å². The number of halogens is 2. The number of hydrogen-bond donors (Lipinski definition) is 1. The molecule has 17 heavy (non-hydrogen) atoms. The molecule has 5 heteroatoms. The Kier molecular flexibility index (Phi) is 3.48. The molecule has 1 aromatic heterocycles. The number of anilines is 2. The predicted molar refractivity (Wildman–Crippen MR) is 68.7 cm³/mol. The van der Waals surface area contributed by atoms with Gasteiger partial charge in [-0.25, -0.2) is 4.98 Å². The van der Waals surface area contributed by atoms with E-state index in [1.807, 2.05) is 6.07 Å². The number of hydrogen-bond acceptors (Lipinski definition) is 3. The van der Waals surface area contributed by atoms with Gasteiger partial charge in [0, 0.05) is 11.2 Å². The lowest BCUT2D eigenvalue weighted by Gasteiger charge is -2.07. The molecule has 1 heterocycles. The Morgan fingerprint density at radius 1 is 1.18 bits per heavy atom. The Labute approximate surface area is 109 Å². The van der Waals surface area contributed by atoms with E-state index in [2.05, 4.69) is 10.3 Å². The van der Waals surface area contributed by atoms with Crippen LogP contribution in [0.1, 0.15) is 5.56 Å². The molecular formula is C12H7Cl2N3. The third kappa shape index (κ3) is 2.88. The van der Waals surface area contributed by atoms with E-state index in [0.717, 1.165) is 0 Å². The fourth-order valence-corrected chi connectivity index (χ4v) is 1.64. The summed E-state index contributed by atoms with van der Waals surface area (Å²) in [5, 5.41) is 12.9. The van der Waals surface area contributed by atoms with Crippen LogP contribution in [0.15, 0.2) is 36.5 Å². The zero-order valence-electron chi connectivity index (χ0n) is 8.61. The van der Waals surface area contributed by atoms with Crippen LogP contribution in [0.2, 0.25) is 10.0 Å². The molecule has 0 fully saturated rings. The van der Waals surface area contributed by atoms with Gasteiger partial charge in [-0.2, -0.15) is 5.26 Å².